The molecule has 0 spiro atoms. The molecule has 1 amide bonds. The number of amides is 1. The molecular weight excluding hydrogens is 381 g/mol. The third-order valence-corrected chi connectivity index (χ3v) is 4.19. The molecule has 3 aromatic rings. The maximum Gasteiger partial charge on any atom is 0.305 e. The Hall–Kier alpha value is -3.88. The van der Waals surface area contributed by atoms with Crippen molar-refractivity contribution in [1.29, 1.82) is 0 Å². The van der Waals surface area contributed by atoms with Crippen molar-refractivity contribution in [3.8, 4) is 17.3 Å². The summed E-state index contributed by atoms with van der Waals surface area (Å²) in [4.78, 5) is 24.0. The summed E-state index contributed by atoms with van der Waals surface area (Å²) in [5.74, 6) is -2.14. The molecule has 0 unspecified atom stereocenters. The lowest BCUT2D eigenvalue weighted by Gasteiger charge is -2.19. The number of carboxylic acid groups (broad SMARTS) is 1. The van der Waals surface area contributed by atoms with Crippen LogP contribution in [0.3, 0.4) is 0 Å². The number of nitrogens with zero attached hydrogens (tertiary/aromatic N) is 2. The van der Waals surface area contributed by atoms with Crippen LogP contribution in [-0.2, 0) is 4.79 Å². The van der Waals surface area contributed by atoms with Crippen molar-refractivity contribution in [2.75, 3.05) is 7.11 Å². The van der Waals surface area contributed by atoms with E-state index in [1.807, 2.05) is 0 Å². The molecular formula is C20H18FN3O5. The Kier molecular flexibility index (Phi) is 5.77. The fourth-order valence-corrected chi connectivity index (χ4v) is 2.85. The first kappa shape index (κ1) is 19.9. The number of ether oxygens (including phenoxy) is 1. The van der Waals surface area contributed by atoms with Crippen LogP contribution >= 0.6 is 0 Å². The van der Waals surface area contributed by atoms with Gasteiger partial charge in [-0.15, -0.1) is 0 Å². The average Bonchev–Trinajstić information content (AvgIpc) is 3.09. The van der Waals surface area contributed by atoms with Gasteiger partial charge in [-0.1, -0.05) is 18.2 Å². The smallest absolute Gasteiger partial charge is 0.305 e. The molecule has 1 aromatic heterocycles. The number of nitrogens with one attached hydrogen (secondary N) is 1. The van der Waals surface area contributed by atoms with Crippen LogP contribution in [0.1, 0.15) is 28.5 Å². The molecule has 150 valence electrons. The lowest BCUT2D eigenvalue weighted by Crippen LogP contribution is -2.30. The topological polar surface area (TPSA) is 114 Å². The number of hydrogen-bond acceptors (Lipinski definition) is 5. The van der Waals surface area contributed by atoms with Gasteiger partial charge in [-0.2, -0.15) is 5.10 Å². The van der Waals surface area contributed by atoms with Crippen LogP contribution < -0.4 is 10.1 Å². The van der Waals surface area contributed by atoms with Crippen molar-refractivity contribution >= 4 is 11.9 Å². The number of methoxy groups -OCH3 is 1. The predicted octanol–water partition coefficient (Wildman–Crippen LogP) is 2.67. The molecule has 8 nitrogen and oxygen atoms in total. The van der Waals surface area contributed by atoms with Crippen molar-refractivity contribution < 1.29 is 28.9 Å². The molecule has 0 fully saturated rings. The number of carboxylic acids is 1. The van der Waals surface area contributed by atoms with E-state index in [1.54, 1.807) is 24.3 Å². The summed E-state index contributed by atoms with van der Waals surface area (Å²) >= 11 is 0. The van der Waals surface area contributed by atoms with Crippen LogP contribution in [0.5, 0.6) is 11.6 Å². The highest BCUT2D eigenvalue weighted by molar-refractivity contribution is 5.93. The first-order valence-corrected chi connectivity index (χ1v) is 8.59. The van der Waals surface area contributed by atoms with Crippen LogP contribution in [-0.4, -0.2) is 39.0 Å². The Morgan fingerprint density at radius 2 is 1.90 bits per heavy atom. The number of para-hydroxylation sites is 1. The van der Waals surface area contributed by atoms with Gasteiger partial charge >= 0.3 is 5.97 Å². The molecule has 0 bridgehead atoms. The molecule has 0 saturated carbocycles. The maximum atomic E-state index is 13.1. The molecule has 29 heavy (non-hydrogen) atoms. The van der Waals surface area contributed by atoms with Gasteiger partial charge < -0.3 is 20.3 Å². The largest absolute Gasteiger partial charge is 0.496 e. The minimum atomic E-state index is -1.11. The molecule has 0 aliphatic heterocycles. The summed E-state index contributed by atoms with van der Waals surface area (Å²) < 4.78 is 19.4. The van der Waals surface area contributed by atoms with E-state index in [0.29, 0.717) is 17.0 Å². The second-order valence-electron chi connectivity index (χ2n) is 6.14. The number of aromatic nitrogens is 2. The Morgan fingerprint density at radius 3 is 2.55 bits per heavy atom. The number of carbonyl (C=O) groups excluding carboxylic acids is 1. The number of benzene rings is 2. The third kappa shape index (κ3) is 4.52. The maximum absolute atomic E-state index is 13.1. The summed E-state index contributed by atoms with van der Waals surface area (Å²) in [6, 6.07) is 12.2. The van der Waals surface area contributed by atoms with Gasteiger partial charge in [-0.25, -0.2) is 9.07 Å². The van der Waals surface area contributed by atoms with Crippen molar-refractivity contribution in [1.82, 2.24) is 15.1 Å². The molecule has 0 aliphatic carbocycles. The Labute approximate surface area is 165 Å². The Morgan fingerprint density at radius 1 is 1.21 bits per heavy atom. The van der Waals surface area contributed by atoms with Gasteiger partial charge in [0.25, 0.3) is 5.91 Å². The quantitative estimate of drug-likeness (QED) is 0.563. The molecule has 0 radical (unpaired) electrons. The van der Waals surface area contributed by atoms with E-state index in [4.69, 9.17) is 4.74 Å². The first-order valence-electron chi connectivity index (χ1n) is 8.59. The zero-order chi connectivity index (χ0) is 21.0. The minimum Gasteiger partial charge on any atom is -0.496 e. The van der Waals surface area contributed by atoms with Crippen LogP contribution in [0.25, 0.3) is 5.69 Å². The Bertz CT molecular complexity index is 1030. The number of aromatic hydroxyl groups is 1. The summed E-state index contributed by atoms with van der Waals surface area (Å²) in [5, 5.41) is 26.0. The Balaban J connectivity index is 1.87. The van der Waals surface area contributed by atoms with Crippen molar-refractivity contribution in [2.24, 2.45) is 0 Å². The fourth-order valence-electron chi connectivity index (χ4n) is 2.85. The van der Waals surface area contributed by atoms with Gasteiger partial charge in [0.05, 0.1) is 25.3 Å². The molecule has 1 atom stereocenters. The summed E-state index contributed by atoms with van der Waals surface area (Å²) in [6.07, 6.45) is -0.378. The summed E-state index contributed by atoms with van der Waals surface area (Å²) in [6.45, 7) is 0. The van der Waals surface area contributed by atoms with E-state index < -0.39 is 23.7 Å². The van der Waals surface area contributed by atoms with Gasteiger partial charge in [0.15, 0.2) is 5.69 Å². The number of hydrogen-bond donors (Lipinski definition) is 3. The normalized spacial score (nSPS) is 11.7. The zero-order valence-corrected chi connectivity index (χ0v) is 15.4. The van der Waals surface area contributed by atoms with Crippen molar-refractivity contribution in [2.45, 2.75) is 12.5 Å². The number of rotatable bonds is 7. The highest BCUT2D eigenvalue weighted by Crippen LogP contribution is 2.28. The van der Waals surface area contributed by atoms with Crippen molar-refractivity contribution in [3.63, 3.8) is 0 Å². The van der Waals surface area contributed by atoms with Crippen LogP contribution in [0.2, 0.25) is 0 Å². The second kappa shape index (κ2) is 8.42. The molecule has 0 saturated heterocycles. The molecule has 2 aromatic carbocycles. The van der Waals surface area contributed by atoms with Gasteiger partial charge in [-0.3, -0.25) is 9.59 Å². The standard InChI is InChI=1S/C20H18FN3O5/c1-29-17-5-3-2-4-14(17)15(11-19(26)27)22-20(28)16-10-18(25)24(23-16)13-8-6-12(21)7-9-13/h2-10,15,25H,11H2,1H3,(H,22,28)(H,26,27)/t15-/m0/s1. The zero-order valence-electron chi connectivity index (χ0n) is 15.4. The number of aliphatic carboxylic acids is 1. The summed E-state index contributed by atoms with van der Waals surface area (Å²) in [5.41, 5.74) is 0.722. The molecule has 9 heteroatoms. The van der Waals surface area contributed by atoms with E-state index in [-0.39, 0.29) is 18.0 Å². The van der Waals surface area contributed by atoms with Gasteiger partial charge in [-0.05, 0) is 30.3 Å². The van der Waals surface area contributed by atoms with E-state index in [0.717, 1.165) is 10.7 Å². The van der Waals surface area contributed by atoms with Gasteiger partial charge in [0.1, 0.15) is 11.6 Å². The lowest BCUT2D eigenvalue weighted by atomic mass is 10.0. The molecule has 3 N–H and O–H groups in total. The van der Waals surface area contributed by atoms with Gasteiger partial charge in [0.2, 0.25) is 5.88 Å². The molecule has 3 rings (SSSR count). The highest BCUT2D eigenvalue weighted by Gasteiger charge is 2.24. The van der Waals surface area contributed by atoms with Crippen LogP contribution in [0, 0.1) is 5.82 Å². The van der Waals surface area contributed by atoms with Gasteiger partial charge in [0, 0.05) is 11.6 Å². The molecule has 1 heterocycles. The van der Waals surface area contributed by atoms with E-state index in [2.05, 4.69) is 10.4 Å². The highest BCUT2D eigenvalue weighted by atomic mass is 19.1. The minimum absolute atomic E-state index is 0.128. The van der Waals surface area contributed by atoms with E-state index >= 15 is 0 Å². The SMILES string of the molecule is COc1ccccc1[C@H](CC(=O)O)NC(=O)c1cc(O)n(-c2ccc(F)cc2)n1. The monoisotopic (exact) mass is 399 g/mol. The third-order valence-electron chi connectivity index (χ3n) is 4.19. The predicted molar refractivity (Wildman–Crippen MR) is 101 cm³/mol. The fraction of sp³-hybridized carbons (Fsp3) is 0.150. The van der Waals surface area contributed by atoms with Crippen LogP contribution in [0.4, 0.5) is 4.39 Å². The average molecular weight is 399 g/mol. The lowest BCUT2D eigenvalue weighted by molar-refractivity contribution is -0.137. The number of halogens is 1. The number of carbonyl (C=O) groups is 2. The summed E-state index contributed by atoms with van der Waals surface area (Å²) in [7, 11) is 1.45. The first-order chi connectivity index (χ1) is 13.9. The second-order valence-corrected chi connectivity index (χ2v) is 6.14. The van der Waals surface area contributed by atoms with E-state index in [1.165, 1.54) is 31.4 Å². The van der Waals surface area contributed by atoms with Crippen molar-refractivity contribution in [3.05, 3.63) is 71.7 Å². The van der Waals surface area contributed by atoms with Crippen LogP contribution in [0.15, 0.2) is 54.6 Å². The molecule has 0 aliphatic rings. The van der Waals surface area contributed by atoms with E-state index in [9.17, 15) is 24.2 Å².